The van der Waals surface area contributed by atoms with Crippen molar-refractivity contribution in [1.82, 2.24) is 9.55 Å². The Hall–Kier alpha value is -4.34. The molecule has 7 rings (SSSR count). The number of nitrogens with zero attached hydrogens (tertiary/aromatic N) is 4. The van der Waals surface area contributed by atoms with Crippen LogP contribution in [-0.4, -0.2) is 9.55 Å². The Kier molecular flexibility index (Phi) is 10.5. The van der Waals surface area contributed by atoms with Gasteiger partial charge in [0.25, 0.3) is 0 Å². The Balaban J connectivity index is 0.00000514. The minimum atomic E-state index is -0.113. The fraction of sp³-hybridized carbons (Fsp3) is 0.347. The fourth-order valence-corrected chi connectivity index (χ4v) is 7.47. The monoisotopic (exact) mass is 910 g/mol. The molecule has 0 N–H and O–H groups in total. The van der Waals surface area contributed by atoms with Crippen LogP contribution in [-0.2, 0) is 37.3 Å². The largest absolute Gasteiger partial charge is 0.509 e. The summed E-state index contributed by atoms with van der Waals surface area (Å²) in [4.78, 5) is 9.27. The Morgan fingerprint density at radius 3 is 1.82 bits per heavy atom. The number of hydrogen-bond acceptors (Lipinski definition) is 4. The molecular formula is C49H55N4OPt-3. The van der Waals surface area contributed by atoms with E-state index in [-0.39, 0.29) is 37.3 Å². The SMILES string of the molecule is Cc1c(C)c(C)c(N2C=CN(c3[c-]c(Oc4[c-]c5c(cc4)c4cc(C(C)(C)C)ccc4n5-c4cc(C(C)(C)C)ccn4)cc(C(C)(C)C)c3)[CH-]2)c(C)c1C.[Pt]. The number of fused-ring (bicyclic) bond motifs is 3. The molecule has 0 saturated carbocycles. The normalized spacial score (nSPS) is 13.6. The van der Waals surface area contributed by atoms with Crippen LogP contribution < -0.4 is 14.5 Å². The van der Waals surface area contributed by atoms with Crippen molar-refractivity contribution in [1.29, 1.82) is 0 Å². The van der Waals surface area contributed by atoms with E-state index in [4.69, 9.17) is 9.72 Å². The van der Waals surface area contributed by atoms with Gasteiger partial charge in [-0.3, -0.25) is 0 Å². The van der Waals surface area contributed by atoms with Gasteiger partial charge in [0.15, 0.2) is 0 Å². The molecule has 0 unspecified atom stereocenters. The zero-order valence-corrected chi connectivity index (χ0v) is 37.3. The van der Waals surface area contributed by atoms with Gasteiger partial charge >= 0.3 is 0 Å². The smallest absolute Gasteiger partial charge is 0.135 e. The van der Waals surface area contributed by atoms with Gasteiger partial charge in [0.2, 0.25) is 0 Å². The number of aromatic nitrogens is 2. The molecule has 0 fully saturated rings. The van der Waals surface area contributed by atoms with E-state index in [1.54, 1.807) is 0 Å². The molecule has 3 heterocycles. The van der Waals surface area contributed by atoms with E-state index in [0.29, 0.717) is 11.5 Å². The minimum absolute atomic E-state index is 0. The first kappa shape index (κ1) is 40.3. The second-order valence-electron chi connectivity index (χ2n) is 18.2. The molecule has 0 spiro atoms. The van der Waals surface area contributed by atoms with E-state index < -0.39 is 0 Å². The molecule has 0 atom stereocenters. The molecule has 5 nitrogen and oxygen atoms in total. The summed E-state index contributed by atoms with van der Waals surface area (Å²) in [6.07, 6.45) is 6.16. The van der Waals surface area contributed by atoms with Crippen molar-refractivity contribution >= 4 is 33.2 Å². The molecular weight excluding hydrogens is 856 g/mol. The molecule has 4 aromatic carbocycles. The molecule has 6 heteroatoms. The first-order valence-corrected chi connectivity index (χ1v) is 19.1. The minimum Gasteiger partial charge on any atom is -0.509 e. The molecule has 0 amide bonds. The van der Waals surface area contributed by atoms with Crippen molar-refractivity contribution in [3.8, 4) is 17.3 Å². The number of benzene rings is 4. The number of ether oxygens (including phenoxy) is 1. The first-order chi connectivity index (χ1) is 25.2. The van der Waals surface area contributed by atoms with E-state index in [2.05, 4.69) is 191 Å². The van der Waals surface area contributed by atoms with Crippen LogP contribution in [0, 0.1) is 53.4 Å². The third kappa shape index (κ3) is 7.50. The Bertz CT molecular complexity index is 2440. The first-order valence-electron chi connectivity index (χ1n) is 19.1. The Morgan fingerprint density at radius 2 is 1.18 bits per heavy atom. The van der Waals surface area contributed by atoms with E-state index >= 15 is 0 Å². The van der Waals surface area contributed by atoms with Crippen molar-refractivity contribution < 1.29 is 25.8 Å². The van der Waals surface area contributed by atoms with Crippen molar-refractivity contribution in [2.75, 3.05) is 9.80 Å². The molecule has 290 valence electrons. The van der Waals surface area contributed by atoms with Gasteiger partial charge < -0.3 is 19.1 Å². The van der Waals surface area contributed by atoms with Crippen molar-refractivity contribution in [3.05, 3.63) is 137 Å². The summed E-state index contributed by atoms with van der Waals surface area (Å²) in [6.45, 7) is 33.4. The molecule has 0 radical (unpaired) electrons. The second-order valence-corrected chi connectivity index (χ2v) is 18.2. The van der Waals surface area contributed by atoms with Crippen LogP contribution >= 0.6 is 0 Å². The van der Waals surface area contributed by atoms with E-state index in [0.717, 1.165) is 33.5 Å². The molecule has 1 aliphatic heterocycles. The van der Waals surface area contributed by atoms with Crippen LogP contribution in [0.2, 0.25) is 0 Å². The summed E-state index contributed by atoms with van der Waals surface area (Å²) in [5.74, 6) is 2.14. The standard InChI is InChI=1S/C49H55N4O.Pt/c1-30-31(2)33(4)46(34(5)32(30)3)52-22-21-51(29-52)38-23-37(49(12,13)14)24-40(27-38)54-39-16-17-41-42-25-35(47(6,7)8)15-18-43(42)53(44(41)28-39)45-26-36(19-20-50-45)48(9,10)11;/h15-26,29H,1-14H3;/q-3;. The second kappa shape index (κ2) is 14.3. The summed E-state index contributed by atoms with van der Waals surface area (Å²) in [7, 11) is 0. The molecule has 6 aromatic rings. The summed E-state index contributed by atoms with van der Waals surface area (Å²) < 4.78 is 8.97. The van der Waals surface area contributed by atoms with Gasteiger partial charge in [-0.15, -0.1) is 53.6 Å². The maximum atomic E-state index is 6.74. The van der Waals surface area contributed by atoms with Crippen molar-refractivity contribution in [3.63, 3.8) is 0 Å². The summed E-state index contributed by atoms with van der Waals surface area (Å²) in [6, 6.07) is 26.9. The topological polar surface area (TPSA) is 33.5 Å². The fourth-order valence-electron chi connectivity index (χ4n) is 7.47. The number of hydrogen-bond donors (Lipinski definition) is 0. The quantitative estimate of drug-likeness (QED) is 0.161. The molecule has 55 heavy (non-hydrogen) atoms. The number of anilines is 2. The Morgan fingerprint density at radius 1 is 0.582 bits per heavy atom. The van der Waals surface area contributed by atoms with Gasteiger partial charge in [0.05, 0.1) is 0 Å². The summed E-state index contributed by atoms with van der Waals surface area (Å²) >= 11 is 0. The van der Waals surface area contributed by atoms with Crippen LogP contribution in [0.5, 0.6) is 11.5 Å². The predicted octanol–water partition coefficient (Wildman–Crippen LogP) is 12.9. The van der Waals surface area contributed by atoms with Crippen LogP contribution in [0.25, 0.3) is 27.6 Å². The van der Waals surface area contributed by atoms with E-state index in [1.165, 1.54) is 50.0 Å². The Labute approximate surface area is 343 Å². The van der Waals surface area contributed by atoms with Gasteiger partial charge in [-0.1, -0.05) is 80.0 Å². The molecule has 2 aromatic heterocycles. The van der Waals surface area contributed by atoms with Gasteiger partial charge in [0, 0.05) is 50.0 Å². The van der Waals surface area contributed by atoms with Gasteiger partial charge in [-0.25, -0.2) is 4.98 Å². The van der Waals surface area contributed by atoms with Crippen molar-refractivity contribution in [2.45, 2.75) is 113 Å². The van der Waals surface area contributed by atoms with Gasteiger partial charge in [-0.05, 0) is 126 Å². The van der Waals surface area contributed by atoms with Crippen LogP contribution in [0.15, 0.2) is 73.2 Å². The zero-order chi connectivity index (χ0) is 39.1. The zero-order valence-electron chi connectivity index (χ0n) is 35.0. The number of rotatable bonds is 5. The maximum Gasteiger partial charge on any atom is 0.135 e. The van der Waals surface area contributed by atoms with Crippen LogP contribution in [0.4, 0.5) is 11.4 Å². The summed E-state index contributed by atoms with van der Waals surface area (Å²) in [5, 5.41) is 2.29. The number of pyridine rings is 1. The average molecular weight is 911 g/mol. The third-order valence-electron chi connectivity index (χ3n) is 11.4. The summed E-state index contributed by atoms with van der Waals surface area (Å²) in [5.41, 5.74) is 14.4. The molecule has 1 aliphatic rings. The van der Waals surface area contributed by atoms with Crippen LogP contribution in [0.1, 0.15) is 107 Å². The third-order valence-corrected chi connectivity index (χ3v) is 11.4. The van der Waals surface area contributed by atoms with Crippen molar-refractivity contribution in [2.24, 2.45) is 0 Å². The van der Waals surface area contributed by atoms with E-state index in [1.807, 2.05) is 12.3 Å². The van der Waals surface area contributed by atoms with Crippen LogP contribution in [0.3, 0.4) is 0 Å². The average Bonchev–Trinajstić information content (AvgIpc) is 3.71. The van der Waals surface area contributed by atoms with Gasteiger partial charge in [0.1, 0.15) is 5.82 Å². The molecule has 0 saturated heterocycles. The van der Waals surface area contributed by atoms with E-state index in [9.17, 15) is 0 Å². The molecule has 0 bridgehead atoms. The molecule has 0 aliphatic carbocycles. The van der Waals surface area contributed by atoms with Gasteiger partial charge in [-0.2, -0.15) is 6.07 Å². The maximum absolute atomic E-state index is 6.74. The predicted molar refractivity (Wildman–Crippen MR) is 227 cm³/mol.